The number of amides is 1. The van der Waals surface area contributed by atoms with Crippen molar-refractivity contribution in [2.24, 2.45) is 0 Å². The molecule has 6 nitrogen and oxygen atoms in total. The van der Waals surface area contributed by atoms with Crippen LogP contribution in [0.1, 0.15) is 13.8 Å². The number of hydrogen-bond donors (Lipinski definition) is 1. The molecule has 1 heterocycles. The second-order valence-corrected chi connectivity index (χ2v) is 8.51. The van der Waals surface area contributed by atoms with Crippen molar-refractivity contribution in [3.63, 3.8) is 0 Å². The van der Waals surface area contributed by atoms with Crippen LogP contribution in [0.3, 0.4) is 0 Å². The zero-order valence-corrected chi connectivity index (χ0v) is 19.3. The van der Waals surface area contributed by atoms with Crippen LogP contribution in [0.2, 0.25) is 0 Å². The van der Waals surface area contributed by atoms with Crippen molar-refractivity contribution in [1.82, 2.24) is 10.2 Å². The maximum atomic E-state index is 12.4. The molecule has 0 bridgehead atoms. The van der Waals surface area contributed by atoms with Gasteiger partial charge < -0.3 is 14.6 Å². The molecule has 1 aromatic heterocycles. The highest BCUT2D eigenvalue weighted by Gasteiger charge is 2.13. The van der Waals surface area contributed by atoms with Gasteiger partial charge in [0.25, 0.3) is 5.22 Å². The molecule has 0 saturated carbocycles. The van der Waals surface area contributed by atoms with Gasteiger partial charge in [-0.05, 0) is 50.2 Å². The molecule has 31 heavy (non-hydrogen) atoms. The summed E-state index contributed by atoms with van der Waals surface area (Å²) in [4.78, 5) is 15.7. The summed E-state index contributed by atoms with van der Waals surface area (Å²) >= 11 is 2.85. The first-order valence-electron chi connectivity index (χ1n) is 10.1. The van der Waals surface area contributed by atoms with Crippen LogP contribution < -0.4 is 10.2 Å². The van der Waals surface area contributed by atoms with E-state index in [-0.39, 0.29) is 11.7 Å². The first-order valence-corrected chi connectivity index (χ1v) is 12.1. The van der Waals surface area contributed by atoms with Crippen LogP contribution in [0.25, 0.3) is 11.5 Å². The lowest BCUT2D eigenvalue weighted by molar-refractivity contribution is -0.113. The molecule has 162 valence electrons. The average Bonchev–Trinajstić information content (AvgIpc) is 3.27. The summed E-state index contributed by atoms with van der Waals surface area (Å²) in [6, 6.07) is 15.8. The average molecular weight is 455 g/mol. The summed E-state index contributed by atoms with van der Waals surface area (Å²) in [6.45, 7) is 9.91. The normalized spacial score (nSPS) is 10.6. The third kappa shape index (κ3) is 6.38. The number of rotatable bonds is 11. The molecule has 1 amide bonds. The van der Waals surface area contributed by atoms with Crippen molar-refractivity contribution in [1.29, 1.82) is 0 Å². The van der Waals surface area contributed by atoms with E-state index in [9.17, 15) is 4.79 Å². The smallest absolute Gasteiger partial charge is 0.277 e. The molecule has 0 aliphatic rings. The molecule has 0 spiro atoms. The fourth-order valence-corrected chi connectivity index (χ4v) is 4.26. The highest BCUT2D eigenvalue weighted by molar-refractivity contribution is 8.00. The third-order valence-corrected chi connectivity index (χ3v) is 6.38. The zero-order chi connectivity index (χ0) is 22.1. The predicted octanol–water partition coefficient (Wildman–Crippen LogP) is 5.59. The molecule has 0 aliphatic heterocycles. The predicted molar refractivity (Wildman–Crippen MR) is 130 cm³/mol. The Morgan fingerprint density at radius 2 is 1.84 bits per heavy atom. The Hall–Kier alpha value is -2.71. The lowest BCUT2D eigenvalue weighted by Crippen LogP contribution is -2.21. The first-order chi connectivity index (χ1) is 15.1. The zero-order valence-electron chi connectivity index (χ0n) is 17.7. The number of para-hydroxylation sites is 1. The van der Waals surface area contributed by atoms with E-state index < -0.39 is 0 Å². The molecule has 2 aromatic carbocycles. The summed E-state index contributed by atoms with van der Waals surface area (Å²) in [5.41, 5.74) is 2.80. The first kappa shape index (κ1) is 23.0. The van der Waals surface area contributed by atoms with Gasteiger partial charge in [0.15, 0.2) is 0 Å². The Morgan fingerprint density at radius 1 is 1.10 bits per heavy atom. The highest BCUT2D eigenvalue weighted by atomic mass is 32.2. The molecule has 0 unspecified atom stereocenters. The lowest BCUT2D eigenvalue weighted by Gasteiger charge is -2.20. The molecule has 3 aromatic rings. The van der Waals surface area contributed by atoms with Crippen molar-refractivity contribution < 1.29 is 9.21 Å². The second kappa shape index (κ2) is 11.6. The fourth-order valence-electron chi connectivity index (χ4n) is 2.95. The van der Waals surface area contributed by atoms with E-state index in [0.29, 0.717) is 11.1 Å². The van der Waals surface area contributed by atoms with Crippen LogP contribution in [0, 0.1) is 0 Å². The van der Waals surface area contributed by atoms with E-state index in [0.717, 1.165) is 40.7 Å². The van der Waals surface area contributed by atoms with Gasteiger partial charge in [-0.1, -0.05) is 30.0 Å². The van der Waals surface area contributed by atoms with Gasteiger partial charge in [-0.15, -0.1) is 28.5 Å². The molecule has 0 atom stereocenters. The van der Waals surface area contributed by atoms with Crippen molar-refractivity contribution in [3.8, 4) is 11.5 Å². The molecular weight excluding hydrogens is 428 g/mol. The molecule has 3 rings (SSSR count). The number of nitrogens with zero attached hydrogens (tertiary/aromatic N) is 3. The summed E-state index contributed by atoms with van der Waals surface area (Å²) in [7, 11) is 0. The summed E-state index contributed by atoms with van der Waals surface area (Å²) < 4.78 is 5.73. The minimum atomic E-state index is -0.125. The third-order valence-electron chi connectivity index (χ3n) is 4.49. The van der Waals surface area contributed by atoms with Crippen molar-refractivity contribution in [2.75, 3.05) is 34.8 Å². The highest BCUT2D eigenvalue weighted by Crippen LogP contribution is 2.28. The van der Waals surface area contributed by atoms with Crippen molar-refractivity contribution in [2.45, 2.75) is 24.0 Å². The molecular formula is C23H26N4O2S2. The summed E-state index contributed by atoms with van der Waals surface area (Å²) in [5, 5.41) is 11.5. The van der Waals surface area contributed by atoms with Gasteiger partial charge in [0, 0.05) is 35.0 Å². The van der Waals surface area contributed by atoms with Crippen LogP contribution in [0.5, 0.6) is 0 Å². The van der Waals surface area contributed by atoms with Gasteiger partial charge in [-0.3, -0.25) is 4.79 Å². The maximum Gasteiger partial charge on any atom is 0.277 e. The van der Waals surface area contributed by atoms with Crippen LogP contribution >= 0.6 is 23.5 Å². The molecule has 0 radical (unpaired) electrons. The number of benzene rings is 2. The number of aromatic nitrogens is 2. The Bertz CT molecular complexity index is 1000. The number of anilines is 2. The second-order valence-electron chi connectivity index (χ2n) is 6.52. The SMILES string of the molecule is C=CCSc1ccccc1NC(=O)CSc1nnc(-c2ccc(N(CC)CC)cc2)o1. The van der Waals surface area contributed by atoms with Crippen molar-refractivity contribution in [3.05, 3.63) is 61.2 Å². The number of thioether (sulfide) groups is 2. The minimum Gasteiger partial charge on any atom is -0.411 e. The van der Waals surface area contributed by atoms with E-state index in [1.54, 1.807) is 11.8 Å². The minimum absolute atomic E-state index is 0.125. The van der Waals surface area contributed by atoms with Gasteiger partial charge >= 0.3 is 0 Å². The van der Waals surface area contributed by atoms with Gasteiger partial charge in [0.1, 0.15) is 0 Å². The van der Waals surface area contributed by atoms with Crippen LogP contribution in [0.4, 0.5) is 11.4 Å². The molecule has 0 saturated heterocycles. The Kier molecular flexibility index (Phi) is 8.61. The monoisotopic (exact) mass is 454 g/mol. The van der Waals surface area contributed by atoms with E-state index in [4.69, 9.17) is 4.42 Å². The molecule has 1 N–H and O–H groups in total. The Morgan fingerprint density at radius 3 is 2.55 bits per heavy atom. The van der Waals surface area contributed by atoms with Gasteiger partial charge in [0.05, 0.1) is 11.4 Å². The Balaban J connectivity index is 1.57. The molecule has 8 heteroatoms. The van der Waals surface area contributed by atoms with Crippen LogP contribution in [-0.4, -0.2) is 40.7 Å². The molecule has 0 aliphatic carbocycles. The van der Waals surface area contributed by atoms with E-state index in [1.807, 2.05) is 42.5 Å². The van der Waals surface area contributed by atoms with E-state index in [2.05, 4.69) is 53.0 Å². The van der Waals surface area contributed by atoms with Crippen LogP contribution in [-0.2, 0) is 4.79 Å². The van der Waals surface area contributed by atoms with E-state index in [1.165, 1.54) is 11.8 Å². The van der Waals surface area contributed by atoms with Crippen LogP contribution in [0.15, 0.2) is 75.7 Å². The Labute approximate surface area is 191 Å². The largest absolute Gasteiger partial charge is 0.411 e. The number of carbonyl (C=O) groups excluding carboxylic acids is 1. The lowest BCUT2D eigenvalue weighted by atomic mass is 10.2. The number of carbonyl (C=O) groups is 1. The standard InChI is InChI=1S/C23H26N4O2S2/c1-4-15-30-20-10-8-7-9-19(20)24-21(28)16-31-23-26-25-22(29-23)17-11-13-18(14-12-17)27(5-2)6-3/h4,7-14H,1,5-6,15-16H2,2-3H3,(H,24,28). The summed E-state index contributed by atoms with van der Waals surface area (Å²) in [6.07, 6.45) is 1.84. The number of hydrogen-bond acceptors (Lipinski definition) is 7. The van der Waals surface area contributed by atoms with Gasteiger partial charge in [-0.25, -0.2) is 0 Å². The van der Waals surface area contributed by atoms with E-state index >= 15 is 0 Å². The maximum absolute atomic E-state index is 12.4. The fraction of sp³-hybridized carbons (Fsp3) is 0.261. The summed E-state index contributed by atoms with van der Waals surface area (Å²) in [5.74, 6) is 1.28. The quantitative estimate of drug-likeness (QED) is 0.299. The topological polar surface area (TPSA) is 71.3 Å². The number of nitrogens with one attached hydrogen (secondary N) is 1. The van der Waals surface area contributed by atoms with Crippen molar-refractivity contribution >= 4 is 40.8 Å². The van der Waals surface area contributed by atoms with Gasteiger partial charge in [0.2, 0.25) is 11.8 Å². The van der Waals surface area contributed by atoms with Gasteiger partial charge in [-0.2, -0.15) is 0 Å². The molecule has 0 fully saturated rings.